The zero-order valence-electron chi connectivity index (χ0n) is 73.3. The van der Waals surface area contributed by atoms with E-state index in [2.05, 4.69) is 52.5 Å². The van der Waals surface area contributed by atoms with E-state index in [4.69, 9.17) is 21.9 Å². The molecule has 3 saturated heterocycles. The molecule has 5 heterocycles. The Morgan fingerprint density at radius 2 is 1.02 bits per heavy atom. The fraction of sp³-hybridized carbons (Fsp3) is 0.540. The molecule has 3 aliphatic rings. The van der Waals surface area contributed by atoms with E-state index in [0.717, 1.165) is 36.3 Å². The van der Waals surface area contributed by atoms with Gasteiger partial charge in [0.1, 0.15) is 72.2 Å². The zero-order valence-corrected chi connectivity index (χ0v) is 74.2. The third kappa shape index (κ3) is 27.8. The number of ketones is 2. The number of aromatic amines is 2. The van der Waals surface area contributed by atoms with Crippen molar-refractivity contribution in [2.45, 2.75) is 221 Å². The summed E-state index contributed by atoms with van der Waals surface area (Å²) in [5.74, 6) is -19.8. The van der Waals surface area contributed by atoms with Crippen molar-refractivity contribution in [3.8, 4) is 5.75 Å². The van der Waals surface area contributed by atoms with Crippen LogP contribution in [0.15, 0.2) is 85.2 Å². The highest BCUT2D eigenvalue weighted by molar-refractivity contribution is 8.00. The van der Waals surface area contributed by atoms with Crippen LogP contribution in [0.4, 0.5) is 0 Å². The number of carbonyl (C=O) groups excluding carboxylic acids is 18. The summed E-state index contributed by atoms with van der Waals surface area (Å²) in [5, 5.41) is 65.8. The van der Waals surface area contributed by atoms with E-state index in [1.54, 1.807) is 85.2 Å². The number of nitrogens with zero attached hydrogens (tertiary/aromatic N) is 5. The SMILES string of the molecule is CCCC[C@H]1C(=O)N(C)[C@@H](CCCC)C(=O)N[C@@H](CO)C(=O)N[C@H](C(=O)CCC(N)=O)CSCC(=O)N[C@@H](Cc2ccc(OC)cc2)C(=O)N(C)[C@@H](C)C(=O)N[C@@H](CC(N)=O)C(=O)N2CCC[C@H]2C(=O)N[C@@H](CO)C(=O)N[C@@H](CCC(N)=O)C(=O)N2C[C@H](O)C[C@H]2C(=O)N[C@@H](Cc2c[nH]c3ccccc23)C(=O)C[C@@H](CO)C(=O)N[C@@H](Cc2c[nH]c3ccccc23)C(=O)N1C. The van der Waals surface area contributed by atoms with Gasteiger partial charge in [0.25, 0.3) is 0 Å². The maximum atomic E-state index is 15.6. The van der Waals surface area contributed by atoms with Crippen molar-refractivity contribution >= 4 is 140 Å². The molecule has 42 heteroatoms. The van der Waals surface area contributed by atoms with Crippen molar-refractivity contribution in [1.29, 1.82) is 0 Å². The molecular formula is C87H120N18O23S. The van der Waals surface area contributed by atoms with Crippen LogP contribution in [0.2, 0.25) is 0 Å². The Balaban J connectivity index is 1.17. The first-order chi connectivity index (χ1) is 61.4. The smallest absolute Gasteiger partial charge is 0.246 e. The number of aromatic nitrogens is 2. The number of likely N-dealkylation sites (N-methyl/N-ethyl adjacent to an activating group) is 3. The monoisotopic (exact) mass is 1820 g/mol. The molecular weight excluding hydrogens is 1700 g/mol. The number of aliphatic hydroxyl groups is 4. The number of aliphatic hydroxyl groups excluding tert-OH is 4. The predicted octanol–water partition coefficient (Wildman–Crippen LogP) is -3.33. The summed E-state index contributed by atoms with van der Waals surface area (Å²) in [4.78, 5) is 270. The predicted molar refractivity (Wildman–Crippen MR) is 469 cm³/mol. The number of rotatable bonds is 25. The lowest BCUT2D eigenvalue weighted by molar-refractivity contribution is -0.149. The van der Waals surface area contributed by atoms with Gasteiger partial charge < -0.3 is 119 Å². The molecule has 3 aromatic carbocycles. The van der Waals surface area contributed by atoms with Crippen molar-refractivity contribution in [1.82, 2.24) is 77.0 Å². The molecule has 8 rings (SSSR count). The molecule has 3 fully saturated rings. The van der Waals surface area contributed by atoms with Gasteiger partial charge in [-0.2, -0.15) is 0 Å². The number of para-hydroxylation sites is 2. The Morgan fingerprint density at radius 3 is 1.60 bits per heavy atom. The number of Topliss-reactive ketones (excluding diaryl/α,β-unsaturated/α-hetero) is 2. The third-order valence-electron chi connectivity index (χ3n) is 23.5. The van der Waals surface area contributed by atoms with Crippen LogP contribution in [0.5, 0.6) is 5.75 Å². The summed E-state index contributed by atoms with van der Waals surface area (Å²) in [7, 11) is 5.26. The molecule has 0 radical (unpaired) electrons. The molecule has 2 aromatic heterocycles. The molecule has 16 amide bonds. The van der Waals surface area contributed by atoms with Gasteiger partial charge in [0.2, 0.25) is 94.5 Å². The second-order valence-corrected chi connectivity index (χ2v) is 33.7. The topological polar surface area (TPSA) is 619 Å². The Labute approximate surface area is 749 Å². The molecule has 0 saturated carbocycles. The highest BCUT2D eigenvalue weighted by Gasteiger charge is 2.47. The average molecular weight is 1820 g/mol. The molecule has 0 aliphatic carbocycles. The molecule has 20 N–H and O–H groups in total. The van der Waals surface area contributed by atoms with Gasteiger partial charge in [-0.25, -0.2) is 0 Å². The van der Waals surface area contributed by atoms with Gasteiger partial charge in [0, 0.05) is 126 Å². The second-order valence-electron chi connectivity index (χ2n) is 32.7. The van der Waals surface area contributed by atoms with E-state index >= 15 is 28.8 Å². The molecule has 41 nitrogen and oxygen atoms in total. The van der Waals surface area contributed by atoms with Crippen molar-refractivity contribution < 1.29 is 111 Å². The minimum absolute atomic E-state index is 0.0167. The van der Waals surface area contributed by atoms with Crippen LogP contribution in [0.3, 0.4) is 0 Å². The van der Waals surface area contributed by atoms with Gasteiger partial charge in [-0.05, 0) is 80.0 Å². The van der Waals surface area contributed by atoms with Crippen LogP contribution in [0, 0.1) is 5.92 Å². The number of primary amides is 3. The van der Waals surface area contributed by atoms with Gasteiger partial charge in [0.05, 0.1) is 63.2 Å². The van der Waals surface area contributed by atoms with Crippen molar-refractivity contribution in [3.63, 3.8) is 0 Å². The standard InChI is InChI=1S/C87H120N18O23S/c1-8-10-21-66-80(120)98-64(44-108)79(119)100-65(70(110)29-31-73(89)113)45-129-46-75(115)93-60(33-48-24-26-53(128-7)27-25-48)83(123)101(4)47(3)76(116)96-62(38-74(90)114)86(126)104-32-16-23-67(104)81(121)99-63(43-107)78(118)94-58(28-30-72(88)112)85(125)105-41-52(109)37-69(105)82(122)95-59(34-49-39-91-56-19-14-12-17-54(49)56)71(111)36-51(42-106)77(117)97-61(35-50-40-92-57-20-15-13-18-55(50)57)84(124)103(6)68(22-11-9-2)87(127)102(66)5/h12-15,17-20,24-27,39-40,47,51-52,58-69,91-92,106-109H,8-11,16,21-23,28-38,41-46H2,1-7H3,(H2,88,112)(H2,89,113)(H2,90,114)(H,93,115)(H,94,118)(H,95,122)(H,96,116)(H,97,117)(H,98,120)(H,99,121)(H,100,119)/t47-,51-,52+,58-,59-,60-,61-,62-,63-,64-,65-,66-,67-,68-,69-/m0/s1. The number of methoxy groups -OCH3 is 1. The number of thioether (sulfide) groups is 1. The van der Waals surface area contributed by atoms with E-state index in [-0.39, 0.29) is 51.5 Å². The summed E-state index contributed by atoms with van der Waals surface area (Å²) in [6.07, 6.45) is -1.81. The van der Waals surface area contributed by atoms with E-state index in [9.17, 15) is 78.0 Å². The maximum Gasteiger partial charge on any atom is 0.246 e. The number of amides is 16. The highest BCUT2D eigenvalue weighted by Crippen LogP contribution is 2.28. The summed E-state index contributed by atoms with van der Waals surface area (Å²) in [6.45, 7) is 0.858. The normalized spacial score (nSPS) is 25.4. The molecule has 0 bridgehead atoms. The quantitative estimate of drug-likeness (QED) is 0.0272. The van der Waals surface area contributed by atoms with Crippen LogP contribution in [0.1, 0.15) is 134 Å². The Morgan fingerprint density at radius 1 is 0.504 bits per heavy atom. The Hall–Kier alpha value is -12.4. The van der Waals surface area contributed by atoms with Gasteiger partial charge in [0.15, 0.2) is 11.6 Å². The summed E-state index contributed by atoms with van der Waals surface area (Å²) >= 11 is 0.771. The molecule has 0 unspecified atom stereocenters. The van der Waals surface area contributed by atoms with E-state index in [0.29, 0.717) is 69.9 Å². The zero-order chi connectivity index (χ0) is 94.6. The highest BCUT2D eigenvalue weighted by atomic mass is 32.2. The number of fused-ring (bicyclic) bond motifs is 4. The van der Waals surface area contributed by atoms with Gasteiger partial charge in [-0.3, -0.25) is 86.3 Å². The minimum atomic E-state index is -1.93. The minimum Gasteiger partial charge on any atom is -0.497 e. The average Bonchev–Trinajstić information content (AvgIpc) is 1.76. The third-order valence-corrected chi connectivity index (χ3v) is 24.5. The fourth-order valence-corrected chi connectivity index (χ4v) is 16.8. The number of nitrogens with one attached hydrogen (secondary N) is 10. The number of H-pyrrole nitrogens is 2. The first-order valence-electron chi connectivity index (χ1n) is 43.0. The lowest BCUT2D eigenvalue weighted by atomic mass is 9.93. The molecule has 129 heavy (non-hydrogen) atoms. The number of benzene rings is 3. The lowest BCUT2D eigenvalue weighted by Gasteiger charge is -2.36. The molecule has 702 valence electrons. The van der Waals surface area contributed by atoms with Crippen molar-refractivity contribution in [2.75, 3.05) is 72.7 Å². The van der Waals surface area contributed by atoms with Crippen LogP contribution >= 0.6 is 11.8 Å². The van der Waals surface area contributed by atoms with Crippen LogP contribution in [-0.4, -0.2) is 318 Å². The first-order valence-corrected chi connectivity index (χ1v) is 44.2. The number of carbonyl (C=O) groups is 18. The Kier molecular flexibility index (Phi) is 38.5. The van der Waals surface area contributed by atoms with Gasteiger partial charge in [-0.1, -0.05) is 88.1 Å². The number of ether oxygens (including phenoxy) is 1. The first kappa shape index (κ1) is 102. The van der Waals surface area contributed by atoms with E-state index < -0.39 is 279 Å². The van der Waals surface area contributed by atoms with E-state index in [1.807, 2.05) is 13.8 Å². The summed E-state index contributed by atoms with van der Waals surface area (Å²) in [5.41, 5.74) is 19.3. The van der Waals surface area contributed by atoms with Crippen molar-refractivity contribution in [3.05, 3.63) is 102 Å². The summed E-state index contributed by atoms with van der Waals surface area (Å²) in [6, 6.07) is -0.744. The fourth-order valence-electron chi connectivity index (χ4n) is 15.9. The van der Waals surface area contributed by atoms with Crippen molar-refractivity contribution in [2.24, 2.45) is 23.1 Å². The van der Waals surface area contributed by atoms with Crippen LogP contribution in [0.25, 0.3) is 21.8 Å². The Bertz CT molecular complexity index is 4870. The van der Waals surface area contributed by atoms with Gasteiger partial charge >= 0.3 is 0 Å². The maximum absolute atomic E-state index is 15.6. The number of nitrogens with two attached hydrogens (primary N) is 3. The largest absolute Gasteiger partial charge is 0.497 e. The van der Waals surface area contributed by atoms with E-state index in [1.165, 1.54) is 35.2 Å². The molecule has 15 atom stereocenters. The number of hydrogen-bond acceptors (Lipinski definition) is 24. The van der Waals surface area contributed by atoms with Crippen LogP contribution in [-0.2, 0) is 106 Å². The lowest BCUT2D eigenvalue weighted by Crippen LogP contribution is -2.60. The van der Waals surface area contributed by atoms with Crippen LogP contribution < -0.4 is 64.5 Å². The van der Waals surface area contributed by atoms with Gasteiger partial charge in [-0.15, -0.1) is 11.8 Å². The number of unbranched alkanes of at least 4 members (excludes halogenated alkanes) is 2. The molecule has 0 spiro atoms. The molecule has 3 aliphatic heterocycles. The number of hydrogen-bond donors (Lipinski definition) is 17. The summed E-state index contributed by atoms with van der Waals surface area (Å²) < 4.78 is 5.31. The second kappa shape index (κ2) is 48.7. The molecule has 5 aromatic rings.